The number of hydrogen-bond donors (Lipinski definition) is 1. The van der Waals surface area contributed by atoms with E-state index in [9.17, 15) is 0 Å². The van der Waals surface area contributed by atoms with E-state index in [0.717, 1.165) is 23.3 Å². The molecule has 5 heteroatoms. The van der Waals surface area contributed by atoms with Crippen LogP contribution in [0.3, 0.4) is 0 Å². The second-order valence-electron chi connectivity index (χ2n) is 5.89. The van der Waals surface area contributed by atoms with Gasteiger partial charge in [0.1, 0.15) is 6.33 Å². The zero-order valence-corrected chi connectivity index (χ0v) is 11.0. The molecule has 0 bridgehead atoms. The third kappa shape index (κ3) is 1.88. The Labute approximate surface area is 112 Å². The molecule has 19 heavy (non-hydrogen) atoms. The van der Waals surface area contributed by atoms with Gasteiger partial charge >= 0.3 is 0 Å². The highest BCUT2D eigenvalue weighted by Gasteiger charge is 2.36. The molecule has 0 aliphatic heterocycles. The van der Waals surface area contributed by atoms with Crippen LogP contribution in [0.5, 0.6) is 0 Å². The minimum atomic E-state index is 0.581. The van der Waals surface area contributed by atoms with Gasteiger partial charge in [0.15, 0.2) is 5.82 Å². The van der Waals surface area contributed by atoms with Crippen molar-refractivity contribution < 1.29 is 0 Å². The molecule has 4 rings (SSSR count). The molecule has 0 aromatic carbocycles. The van der Waals surface area contributed by atoms with Gasteiger partial charge in [0.05, 0.1) is 0 Å². The molecular formula is C14H19N5. The summed E-state index contributed by atoms with van der Waals surface area (Å²) >= 11 is 0. The summed E-state index contributed by atoms with van der Waals surface area (Å²) in [4.78, 5) is 4.47. The minimum Gasteiger partial charge on any atom is -0.364 e. The van der Waals surface area contributed by atoms with Crippen LogP contribution < -0.4 is 5.32 Å². The molecule has 2 aromatic rings. The molecule has 0 amide bonds. The van der Waals surface area contributed by atoms with Crippen molar-refractivity contribution in [2.24, 2.45) is 11.8 Å². The lowest BCUT2D eigenvalue weighted by molar-refractivity contribution is 0.166. The first kappa shape index (κ1) is 11.2. The highest BCUT2D eigenvalue weighted by Crippen LogP contribution is 2.41. The summed E-state index contributed by atoms with van der Waals surface area (Å²) in [5, 5.41) is 11.8. The van der Waals surface area contributed by atoms with Crippen molar-refractivity contribution in [3.63, 3.8) is 0 Å². The Morgan fingerprint density at radius 2 is 1.89 bits per heavy atom. The Morgan fingerprint density at radius 1 is 1.16 bits per heavy atom. The van der Waals surface area contributed by atoms with Crippen LogP contribution in [0.4, 0.5) is 5.82 Å². The lowest BCUT2D eigenvalue weighted by Crippen LogP contribution is -2.42. The summed E-state index contributed by atoms with van der Waals surface area (Å²) in [6.45, 7) is 0. The van der Waals surface area contributed by atoms with E-state index in [0.29, 0.717) is 6.04 Å². The summed E-state index contributed by atoms with van der Waals surface area (Å²) in [6.07, 6.45) is 13.7. The van der Waals surface area contributed by atoms with Gasteiger partial charge in [-0.15, -0.1) is 10.2 Å². The molecule has 2 aliphatic rings. The number of rotatable bonds is 4. The molecule has 0 spiro atoms. The lowest BCUT2D eigenvalue weighted by atomic mass is 9.68. The van der Waals surface area contributed by atoms with Gasteiger partial charge in [-0.1, -0.05) is 12.8 Å². The number of hydrogen-bond acceptors (Lipinski definition) is 4. The Kier molecular flexibility index (Phi) is 2.64. The highest BCUT2D eigenvalue weighted by molar-refractivity contribution is 5.62. The summed E-state index contributed by atoms with van der Waals surface area (Å²) in [7, 11) is 0. The van der Waals surface area contributed by atoms with Crippen LogP contribution in [0.15, 0.2) is 18.7 Å². The van der Waals surface area contributed by atoms with E-state index in [1.165, 1.54) is 38.5 Å². The largest absolute Gasteiger partial charge is 0.364 e. The van der Waals surface area contributed by atoms with Crippen LogP contribution >= 0.6 is 0 Å². The fourth-order valence-electron chi connectivity index (χ4n) is 3.24. The maximum Gasteiger partial charge on any atom is 0.203 e. The zero-order chi connectivity index (χ0) is 12.7. The molecule has 5 nitrogen and oxygen atoms in total. The van der Waals surface area contributed by atoms with E-state index < -0.39 is 0 Å². The number of fused-ring (bicyclic) bond motifs is 1. The van der Waals surface area contributed by atoms with Crippen molar-refractivity contribution in [3.8, 4) is 0 Å². The number of nitrogens with one attached hydrogen (secondary N) is 1. The van der Waals surface area contributed by atoms with E-state index >= 15 is 0 Å². The number of aromatic nitrogens is 4. The molecule has 0 saturated heterocycles. The Bertz CT molecular complexity index is 556. The van der Waals surface area contributed by atoms with E-state index in [2.05, 4.69) is 20.5 Å². The van der Waals surface area contributed by atoms with E-state index in [4.69, 9.17) is 0 Å². The Balaban J connectivity index is 1.62. The fourth-order valence-corrected chi connectivity index (χ4v) is 3.24. The summed E-state index contributed by atoms with van der Waals surface area (Å²) in [5.41, 5.74) is 0.839. The molecule has 2 saturated carbocycles. The second kappa shape index (κ2) is 4.47. The normalized spacial score (nSPS) is 20.5. The van der Waals surface area contributed by atoms with Crippen LogP contribution in [0.2, 0.25) is 0 Å². The SMILES string of the molecule is c1cn2cnnc2c(NC(C2CCC2)C2CCC2)n1. The van der Waals surface area contributed by atoms with E-state index in [1.54, 1.807) is 6.33 Å². The van der Waals surface area contributed by atoms with Crippen molar-refractivity contribution in [2.75, 3.05) is 5.32 Å². The van der Waals surface area contributed by atoms with E-state index in [1.807, 2.05) is 16.8 Å². The van der Waals surface area contributed by atoms with Crippen LogP contribution in [0.1, 0.15) is 38.5 Å². The van der Waals surface area contributed by atoms with Gasteiger partial charge in [-0.2, -0.15) is 0 Å². The average Bonchev–Trinajstić information content (AvgIpc) is 2.73. The number of nitrogens with zero attached hydrogens (tertiary/aromatic N) is 4. The number of anilines is 1. The fraction of sp³-hybridized carbons (Fsp3) is 0.643. The molecule has 0 radical (unpaired) electrons. The van der Waals surface area contributed by atoms with Gasteiger partial charge in [0.25, 0.3) is 0 Å². The topological polar surface area (TPSA) is 55.1 Å². The first-order valence-electron chi connectivity index (χ1n) is 7.33. The molecule has 0 unspecified atom stereocenters. The third-order valence-electron chi connectivity index (χ3n) is 4.83. The van der Waals surface area contributed by atoms with Crippen molar-refractivity contribution in [1.82, 2.24) is 19.6 Å². The lowest BCUT2D eigenvalue weighted by Gasteiger charge is -2.43. The van der Waals surface area contributed by atoms with Crippen LogP contribution in [0.25, 0.3) is 5.65 Å². The monoisotopic (exact) mass is 257 g/mol. The summed E-state index contributed by atoms with van der Waals surface area (Å²) in [5.74, 6) is 2.55. The van der Waals surface area contributed by atoms with Crippen LogP contribution in [-0.2, 0) is 0 Å². The quantitative estimate of drug-likeness (QED) is 0.914. The Morgan fingerprint density at radius 3 is 2.53 bits per heavy atom. The molecule has 100 valence electrons. The maximum atomic E-state index is 4.47. The van der Waals surface area contributed by atoms with Crippen molar-refractivity contribution in [1.29, 1.82) is 0 Å². The van der Waals surface area contributed by atoms with Gasteiger partial charge in [-0.3, -0.25) is 4.40 Å². The predicted molar refractivity (Wildman–Crippen MR) is 72.9 cm³/mol. The van der Waals surface area contributed by atoms with Crippen molar-refractivity contribution in [2.45, 2.75) is 44.6 Å². The van der Waals surface area contributed by atoms with Crippen molar-refractivity contribution >= 4 is 11.5 Å². The highest BCUT2D eigenvalue weighted by atomic mass is 15.2. The summed E-state index contributed by atoms with van der Waals surface area (Å²) in [6, 6.07) is 0.581. The molecule has 2 heterocycles. The van der Waals surface area contributed by atoms with Gasteiger partial charge < -0.3 is 5.32 Å². The minimum absolute atomic E-state index is 0.581. The maximum absolute atomic E-state index is 4.47. The van der Waals surface area contributed by atoms with Gasteiger partial charge in [-0.05, 0) is 37.5 Å². The smallest absolute Gasteiger partial charge is 0.203 e. The first-order valence-corrected chi connectivity index (χ1v) is 7.33. The molecular weight excluding hydrogens is 238 g/mol. The Hall–Kier alpha value is -1.65. The van der Waals surface area contributed by atoms with Gasteiger partial charge in [0, 0.05) is 18.4 Å². The average molecular weight is 257 g/mol. The molecule has 0 atom stereocenters. The third-order valence-corrected chi connectivity index (χ3v) is 4.83. The summed E-state index contributed by atoms with van der Waals surface area (Å²) < 4.78 is 1.92. The zero-order valence-electron chi connectivity index (χ0n) is 11.0. The standard InChI is InChI=1S/C14H19N5/c1-3-10(4-1)12(11-5-2-6-11)17-13-14-18-16-9-19(14)8-7-15-13/h7-12H,1-6H2,(H,15,17). The van der Waals surface area contributed by atoms with Gasteiger partial charge in [-0.25, -0.2) is 4.98 Å². The second-order valence-corrected chi connectivity index (χ2v) is 5.89. The van der Waals surface area contributed by atoms with Gasteiger partial charge in [0.2, 0.25) is 5.65 Å². The van der Waals surface area contributed by atoms with Crippen molar-refractivity contribution in [3.05, 3.63) is 18.7 Å². The first-order chi connectivity index (χ1) is 9.42. The molecule has 2 aromatic heterocycles. The predicted octanol–water partition coefficient (Wildman–Crippen LogP) is 2.51. The van der Waals surface area contributed by atoms with E-state index in [-0.39, 0.29) is 0 Å². The van der Waals surface area contributed by atoms with Crippen LogP contribution in [0, 0.1) is 11.8 Å². The van der Waals surface area contributed by atoms with Crippen LogP contribution in [-0.4, -0.2) is 25.6 Å². The molecule has 2 fully saturated rings. The molecule has 2 aliphatic carbocycles. The molecule has 1 N–H and O–H groups in total.